The monoisotopic (exact) mass is 942 g/mol. The molecule has 3 aromatic heterocycles. The molecule has 0 saturated heterocycles. The van der Waals surface area contributed by atoms with Gasteiger partial charge >= 0.3 is 0 Å². The zero-order valence-corrected chi connectivity index (χ0v) is 39.5. The van der Waals surface area contributed by atoms with Crippen LogP contribution in [0.2, 0.25) is 0 Å². The Hall–Kier alpha value is -10.7. The van der Waals surface area contributed by atoms with Crippen LogP contribution in [0, 0.1) is 29.2 Å². The van der Waals surface area contributed by atoms with E-state index >= 15 is 0 Å². The molecule has 0 N–H and O–H groups in total. The summed E-state index contributed by atoms with van der Waals surface area (Å²) in [5.74, 6) is 1.35. The minimum Gasteiger partial charge on any atom is -0.309 e. The topological polar surface area (TPSA) is 100 Å². The maximum atomic E-state index is 10.2. The Morgan fingerprint density at radius 1 is 0.338 bits per heavy atom. The Morgan fingerprint density at radius 2 is 0.757 bits per heavy atom. The van der Waals surface area contributed by atoms with Gasteiger partial charge in [-0.25, -0.2) is 19.8 Å². The van der Waals surface area contributed by atoms with E-state index in [0.29, 0.717) is 34.3 Å². The molecular weight excluding hydrogens is 905 g/mol. The number of hydrogen-bond donors (Lipinski definition) is 0. The van der Waals surface area contributed by atoms with Gasteiger partial charge in [0.2, 0.25) is 0 Å². The van der Waals surface area contributed by atoms with Crippen LogP contribution in [0.15, 0.2) is 231 Å². The molecule has 0 unspecified atom stereocenters. The van der Waals surface area contributed by atoms with E-state index in [-0.39, 0.29) is 0 Å². The van der Waals surface area contributed by atoms with Crippen molar-refractivity contribution in [2.24, 2.45) is 0 Å². The van der Waals surface area contributed by atoms with Gasteiger partial charge in [-0.15, -0.1) is 0 Å². The van der Waals surface area contributed by atoms with Gasteiger partial charge in [0, 0.05) is 49.6 Å². The average molecular weight is 943 g/mol. The lowest BCUT2D eigenvalue weighted by molar-refractivity contribution is 1.07. The second kappa shape index (κ2) is 17.9. The maximum absolute atomic E-state index is 10.2. The molecule has 0 radical (unpaired) electrons. The Bertz CT molecular complexity index is 4180. The minimum atomic E-state index is 0.444. The minimum absolute atomic E-state index is 0.444. The molecule has 0 aliphatic carbocycles. The zero-order valence-electron chi connectivity index (χ0n) is 39.5. The van der Waals surface area contributed by atoms with E-state index < -0.39 is 0 Å². The van der Waals surface area contributed by atoms with Crippen LogP contribution in [-0.4, -0.2) is 24.1 Å². The van der Waals surface area contributed by atoms with Crippen LogP contribution in [0.5, 0.6) is 0 Å². The number of benzene rings is 10. The van der Waals surface area contributed by atoms with E-state index in [1.165, 1.54) is 0 Å². The predicted octanol–water partition coefficient (Wildman–Crippen LogP) is 16.4. The molecule has 0 aliphatic heterocycles. The molecule has 8 nitrogen and oxygen atoms in total. The Kier molecular flexibility index (Phi) is 10.5. The standard InChI is InChI=1S/C66H38N8/c1-69-49-15-11-14-48(37-49)59-39-51(74-62-22-8-4-18-54(62)55-19-5-9-23-63(55)74)33-35-57(59)66-71-64(46-30-28-45(29-31-46)44-26-24-42(40-67)25-27-44)70-65(72-66)56-34-32-50(38-58(56)47-13-10-12-43(36-47)41-68)73-60-20-6-2-16-52(60)53-17-3-7-21-61(53)73/h2-39H. The number of nitriles is 2. The largest absolute Gasteiger partial charge is 0.309 e. The van der Waals surface area contributed by atoms with Crippen LogP contribution in [0.25, 0.3) is 127 Å². The fourth-order valence-electron chi connectivity index (χ4n) is 10.4. The van der Waals surface area contributed by atoms with Crippen molar-refractivity contribution in [3.05, 3.63) is 253 Å². The van der Waals surface area contributed by atoms with Crippen LogP contribution in [0.3, 0.4) is 0 Å². The van der Waals surface area contributed by atoms with Crippen molar-refractivity contribution in [3.8, 4) is 91.1 Å². The highest BCUT2D eigenvalue weighted by Crippen LogP contribution is 2.41. The number of fused-ring (bicyclic) bond motifs is 6. The molecule has 0 atom stereocenters. The number of nitrogens with zero attached hydrogens (tertiary/aromatic N) is 8. The molecule has 74 heavy (non-hydrogen) atoms. The van der Waals surface area contributed by atoms with Gasteiger partial charge in [-0.2, -0.15) is 10.5 Å². The van der Waals surface area contributed by atoms with E-state index in [0.717, 1.165) is 105 Å². The van der Waals surface area contributed by atoms with Crippen LogP contribution >= 0.6 is 0 Å². The van der Waals surface area contributed by atoms with Crippen molar-refractivity contribution < 1.29 is 0 Å². The quantitative estimate of drug-likeness (QED) is 0.141. The van der Waals surface area contributed by atoms with Crippen molar-refractivity contribution in [1.82, 2.24) is 24.1 Å². The lowest BCUT2D eigenvalue weighted by atomic mass is 9.96. The van der Waals surface area contributed by atoms with Gasteiger partial charge in [-0.05, 0) is 124 Å². The maximum Gasteiger partial charge on any atom is 0.187 e. The van der Waals surface area contributed by atoms with Gasteiger partial charge in [-0.1, -0.05) is 140 Å². The summed E-state index contributed by atoms with van der Waals surface area (Å²) >= 11 is 0. The normalized spacial score (nSPS) is 11.2. The fraction of sp³-hybridized carbons (Fsp3) is 0. The van der Waals surface area contributed by atoms with Crippen molar-refractivity contribution in [2.75, 3.05) is 0 Å². The Labute approximate surface area is 426 Å². The smallest absolute Gasteiger partial charge is 0.187 e. The first kappa shape index (κ1) is 43.3. The summed E-state index contributed by atoms with van der Waals surface area (Å²) in [5.41, 5.74) is 15.5. The van der Waals surface area contributed by atoms with E-state index in [2.05, 4.69) is 160 Å². The molecule has 10 aromatic carbocycles. The highest BCUT2D eigenvalue weighted by molar-refractivity contribution is 6.10. The summed E-state index contributed by atoms with van der Waals surface area (Å²) in [6.45, 7) is 8.00. The molecule has 0 spiro atoms. The van der Waals surface area contributed by atoms with Crippen molar-refractivity contribution in [1.29, 1.82) is 10.5 Å². The van der Waals surface area contributed by atoms with Crippen LogP contribution in [-0.2, 0) is 0 Å². The highest BCUT2D eigenvalue weighted by Gasteiger charge is 2.22. The van der Waals surface area contributed by atoms with Crippen LogP contribution in [0.4, 0.5) is 5.69 Å². The number of rotatable bonds is 8. The second-order valence-corrected chi connectivity index (χ2v) is 18.1. The first-order valence-electron chi connectivity index (χ1n) is 24.1. The van der Waals surface area contributed by atoms with Gasteiger partial charge in [-0.3, -0.25) is 0 Å². The molecule has 3 heterocycles. The highest BCUT2D eigenvalue weighted by atomic mass is 15.0. The molecule has 13 aromatic rings. The summed E-state index contributed by atoms with van der Waals surface area (Å²) < 4.78 is 4.57. The van der Waals surface area contributed by atoms with Crippen molar-refractivity contribution in [3.63, 3.8) is 0 Å². The third-order valence-electron chi connectivity index (χ3n) is 13.9. The van der Waals surface area contributed by atoms with E-state index in [1.54, 1.807) is 0 Å². The lowest BCUT2D eigenvalue weighted by Gasteiger charge is -2.17. The van der Waals surface area contributed by atoms with E-state index in [9.17, 15) is 10.5 Å². The second-order valence-electron chi connectivity index (χ2n) is 18.1. The zero-order chi connectivity index (χ0) is 49.7. The molecular formula is C66H38N8. The van der Waals surface area contributed by atoms with Crippen LogP contribution < -0.4 is 0 Å². The lowest BCUT2D eigenvalue weighted by Crippen LogP contribution is -2.03. The van der Waals surface area contributed by atoms with Gasteiger partial charge in [0.05, 0.1) is 51.9 Å². The molecule has 0 aliphatic rings. The molecule has 0 fully saturated rings. The van der Waals surface area contributed by atoms with Crippen LogP contribution in [0.1, 0.15) is 11.1 Å². The number of aromatic nitrogens is 5. The first-order chi connectivity index (χ1) is 36.5. The van der Waals surface area contributed by atoms with Gasteiger partial charge in [0.1, 0.15) is 0 Å². The summed E-state index contributed by atoms with van der Waals surface area (Å²) in [7, 11) is 0. The SMILES string of the molecule is [C-]#[N+]c1cccc(-c2cc(-n3c4ccccc4c4ccccc43)ccc2-c2nc(-c3ccc(-c4ccc(C#N)cc4)cc3)nc(-c3ccc(-n4c5ccccc5c5ccccc54)cc3-c3cccc(C#N)c3)n2)c1. The number of hydrogen-bond acceptors (Lipinski definition) is 5. The van der Waals surface area contributed by atoms with E-state index in [4.69, 9.17) is 21.5 Å². The predicted molar refractivity (Wildman–Crippen MR) is 297 cm³/mol. The molecule has 0 saturated carbocycles. The number of para-hydroxylation sites is 4. The third-order valence-corrected chi connectivity index (χ3v) is 13.9. The van der Waals surface area contributed by atoms with Gasteiger partial charge in [0.25, 0.3) is 0 Å². The molecule has 13 rings (SSSR count). The van der Waals surface area contributed by atoms with Gasteiger partial charge in [0.15, 0.2) is 23.2 Å². The summed E-state index contributed by atoms with van der Waals surface area (Å²) in [6, 6.07) is 82.1. The molecule has 342 valence electrons. The molecule has 0 bridgehead atoms. The summed E-state index contributed by atoms with van der Waals surface area (Å²) in [6.07, 6.45) is 0. The Morgan fingerprint density at radius 3 is 1.23 bits per heavy atom. The fourth-order valence-corrected chi connectivity index (χ4v) is 10.4. The van der Waals surface area contributed by atoms with Gasteiger partial charge < -0.3 is 9.13 Å². The summed E-state index contributed by atoms with van der Waals surface area (Å²) in [4.78, 5) is 19.9. The van der Waals surface area contributed by atoms with E-state index in [1.807, 2.05) is 97.1 Å². The van der Waals surface area contributed by atoms with Crippen molar-refractivity contribution in [2.45, 2.75) is 0 Å². The summed E-state index contributed by atoms with van der Waals surface area (Å²) in [5, 5.41) is 24.3. The van der Waals surface area contributed by atoms with Crippen molar-refractivity contribution >= 4 is 49.3 Å². The Balaban J connectivity index is 1.06. The molecule has 0 amide bonds. The third kappa shape index (κ3) is 7.42. The molecule has 8 heteroatoms. The average Bonchev–Trinajstić information content (AvgIpc) is 4.00. The first-order valence-corrected chi connectivity index (χ1v) is 24.1.